The van der Waals surface area contributed by atoms with E-state index in [0.29, 0.717) is 0 Å². The fourth-order valence-electron chi connectivity index (χ4n) is 0. The van der Waals surface area contributed by atoms with Gasteiger partial charge in [0, 0.05) is 22.4 Å². The van der Waals surface area contributed by atoms with Crippen LogP contribution in [0.1, 0.15) is 0 Å². The molecule has 0 aromatic carbocycles. The van der Waals surface area contributed by atoms with Crippen LogP contribution in [0.4, 0.5) is 0 Å². The third-order valence-electron chi connectivity index (χ3n) is 0. The van der Waals surface area contributed by atoms with E-state index in [2.05, 4.69) is 0 Å². The van der Waals surface area contributed by atoms with Gasteiger partial charge in [-0.25, -0.2) is 0 Å². The molecule has 0 saturated heterocycles. The zero-order valence-corrected chi connectivity index (χ0v) is 7.79. The van der Waals surface area contributed by atoms with Gasteiger partial charge in [-0.3, -0.25) is 0 Å². The Bertz CT molecular complexity index is 63.7. The molecular weight excluding hydrogens is 363 g/mol. The molecule has 45 valence electrons. The summed E-state index contributed by atoms with van der Waals surface area (Å²) in [4.78, 5) is 0. The fourth-order valence-corrected chi connectivity index (χ4v) is 0. The fraction of sp³-hybridized carbons (Fsp3) is 0. The third kappa shape index (κ3) is 151. The Balaban J connectivity index is -0.0000000400. The van der Waals surface area contributed by atoms with E-state index in [9.17, 15) is 0 Å². The van der Waals surface area contributed by atoms with Crippen LogP contribution in [0.15, 0.2) is 0 Å². The summed E-state index contributed by atoms with van der Waals surface area (Å²) in [6.45, 7) is 0. The van der Waals surface area contributed by atoms with E-state index < -0.39 is 32.4 Å². The van der Waals surface area contributed by atoms with E-state index in [1.807, 2.05) is 0 Å². The maximum absolute atomic E-state index is 8.47. The molecule has 7 heavy (non-hydrogen) atoms. The molecule has 0 N–H and O–H groups in total. The Morgan fingerprint density at radius 3 is 0.714 bits per heavy atom. The van der Waals surface area contributed by atoms with Crippen LogP contribution in [-0.4, -0.2) is 0 Å². The second-order valence-electron chi connectivity index (χ2n) is 0.149. The molecule has 0 aromatic heterocycles. The standard InChI is InChI=1S/Au.4O.2V. The van der Waals surface area contributed by atoms with Gasteiger partial charge in [0.25, 0.3) is 0 Å². The van der Waals surface area contributed by atoms with Crippen LogP contribution < -0.4 is 0 Å². The first-order chi connectivity index (χ1) is 2.83. The maximum atomic E-state index is 8.47. The molecule has 0 saturated carbocycles. The molecule has 0 aliphatic carbocycles. The summed E-state index contributed by atoms with van der Waals surface area (Å²) < 4.78 is 33.9. The normalized spacial score (nSPS) is 2.29. The van der Waals surface area contributed by atoms with Gasteiger partial charge >= 0.3 is 47.1 Å². The molecule has 0 fully saturated rings. The molecule has 4 nitrogen and oxygen atoms in total. The predicted molar refractivity (Wildman–Crippen MR) is 2.75 cm³/mol. The van der Waals surface area contributed by atoms with Crippen molar-refractivity contribution >= 4 is 0 Å². The van der Waals surface area contributed by atoms with Crippen molar-refractivity contribution < 1.29 is 69.4 Å². The van der Waals surface area contributed by atoms with Crippen molar-refractivity contribution in [3.63, 3.8) is 0 Å². The van der Waals surface area contributed by atoms with Gasteiger partial charge in [-0.15, -0.1) is 0 Å². The molecule has 0 unspecified atom stereocenters. The summed E-state index contributed by atoms with van der Waals surface area (Å²) in [6.07, 6.45) is 0. The third-order valence-corrected chi connectivity index (χ3v) is 0. The van der Waals surface area contributed by atoms with Gasteiger partial charge in [-0.1, -0.05) is 0 Å². The van der Waals surface area contributed by atoms with Crippen molar-refractivity contribution in [3.05, 3.63) is 0 Å². The van der Waals surface area contributed by atoms with Crippen molar-refractivity contribution in [3.8, 4) is 0 Å². The molecule has 0 bridgehead atoms. The molecule has 0 atom stereocenters. The molecule has 0 spiro atoms. The zero-order valence-electron chi connectivity index (χ0n) is 2.83. The van der Waals surface area contributed by atoms with Crippen molar-refractivity contribution in [2.24, 2.45) is 0 Å². The number of hydrogen-bond acceptors (Lipinski definition) is 4. The van der Waals surface area contributed by atoms with Crippen LogP contribution in [0, 0.1) is 0 Å². The van der Waals surface area contributed by atoms with Crippen molar-refractivity contribution in [1.29, 1.82) is 0 Å². The van der Waals surface area contributed by atoms with Gasteiger partial charge in [0.05, 0.1) is 0 Å². The van der Waals surface area contributed by atoms with Crippen LogP contribution in [0.3, 0.4) is 0 Å². The van der Waals surface area contributed by atoms with Gasteiger partial charge in [0.1, 0.15) is 0 Å². The van der Waals surface area contributed by atoms with Gasteiger partial charge in [-0.05, 0) is 0 Å². The zero-order chi connectivity index (χ0) is 5.41. The van der Waals surface area contributed by atoms with E-state index in [4.69, 9.17) is 14.7 Å². The van der Waals surface area contributed by atoms with Gasteiger partial charge < -0.3 is 0 Å². The van der Waals surface area contributed by atoms with E-state index >= 15 is 0 Å². The first-order valence-corrected chi connectivity index (χ1v) is 3.01. The van der Waals surface area contributed by atoms with E-state index in [1.54, 1.807) is 0 Å². The monoisotopic (exact) mass is 363 g/mol. The number of rotatable bonds is 0. The molecule has 0 heterocycles. The molecular formula is AuO4V2. The number of hydrogen-bond donors (Lipinski definition) is 0. The Morgan fingerprint density at radius 2 is 0.714 bits per heavy atom. The van der Waals surface area contributed by atoms with Gasteiger partial charge in [-0.2, -0.15) is 0 Å². The molecule has 7 heteroatoms. The van der Waals surface area contributed by atoms with Crippen molar-refractivity contribution in [2.75, 3.05) is 0 Å². The summed E-state index contributed by atoms with van der Waals surface area (Å²) in [5, 5.41) is 0. The summed E-state index contributed by atoms with van der Waals surface area (Å²) in [5.41, 5.74) is 0. The molecule has 0 aliphatic heterocycles. The van der Waals surface area contributed by atoms with Crippen LogP contribution in [0.25, 0.3) is 0 Å². The van der Waals surface area contributed by atoms with Gasteiger partial charge in [0.15, 0.2) is 0 Å². The molecule has 0 aliphatic rings. The Labute approximate surface area is 69.0 Å². The van der Waals surface area contributed by atoms with Crippen LogP contribution in [-0.2, 0) is 69.4 Å². The molecule has 0 rings (SSSR count). The predicted octanol–water partition coefficient (Wildman–Crippen LogP) is -0.483. The second kappa shape index (κ2) is 27.4. The van der Waals surface area contributed by atoms with Gasteiger partial charge in [0.2, 0.25) is 0 Å². The second-order valence-corrected chi connectivity index (χ2v) is 0.615. The SMILES string of the molecule is [Au].[O]=[V]=[O].[O]=[V]=[O]. The summed E-state index contributed by atoms with van der Waals surface area (Å²) in [7, 11) is 0. The molecule has 1 radical (unpaired) electrons. The van der Waals surface area contributed by atoms with E-state index in [-0.39, 0.29) is 22.4 Å². The van der Waals surface area contributed by atoms with E-state index in [1.165, 1.54) is 0 Å². The van der Waals surface area contributed by atoms with Crippen LogP contribution in [0.2, 0.25) is 0 Å². The topological polar surface area (TPSA) is 68.3 Å². The molecule has 0 amide bonds. The quantitative estimate of drug-likeness (QED) is 0.546. The summed E-state index contributed by atoms with van der Waals surface area (Å²) in [5.74, 6) is 0. The minimum absolute atomic E-state index is 0. The van der Waals surface area contributed by atoms with Crippen molar-refractivity contribution in [1.82, 2.24) is 0 Å². The average Bonchev–Trinajstić information content (AvgIpc) is 1.39. The van der Waals surface area contributed by atoms with E-state index in [0.717, 1.165) is 0 Å². The first-order valence-electron chi connectivity index (χ1n) is 0.730. The molecule has 0 aromatic rings. The Kier molecular flexibility index (Phi) is 61.6. The summed E-state index contributed by atoms with van der Waals surface area (Å²) in [6, 6.07) is 0. The Hall–Kier alpha value is 1.11. The minimum atomic E-state index is -1.81. The van der Waals surface area contributed by atoms with Crippen molar-refractivity contribution in [2.45, 2.75) is 0 Å². The Morgan fingerprint density at radius 1 is 0.714 bits per heavy atom. The average molecular weight is 363 g/mol. The van der Waals surface area contributed by atoms with Crippen LogP contribution in [0.5, 0.6) is 0 Å². The summed E-state index contributed by atoms with van der Waals surface area (Å²) >= 11 is -3.62. The first kappa shape index (κ1) is 15.7. The van der Waals surface area contributed by atoms with Crippen LogP contribution >= 0.6 is 0 Å².